The van der Waals surface area contributed by atoms with Crippen molar-refractivity contribution in [2.45, 2.75) is 20.3 Å². The summed E-state index contributed by atoms with van der Waals surface area (Å²) in [5.74, 6) is 1.90. The van der Waals surface area contributed by atoms with Crippen LogP contribution in [0.4, 0.5) is 0 Å². The van der Waals surface area contributed by atoms with Crippen LogP contribution < -0.4 is 15.2 Å². The lowest BCUT2D eigenvalue weighted by Crippen LogP contribution is -2.13. The SMILES string of the molecule is CCCOc1ccc(Oc2nccc(C)c2C(N)=S)cc1. The zero-order valence-electron chi connectivity index (χ0n) is 12.1. The van der Waals surface area contributed by atoms with E-state index < -0.39 is 0 Å². The number of benzene rings is 1. The fraction of sp³-hybridized carbons (Fsp3) is 0.250. The van der Waals surface area contributed by atoms with Crippen molar-refractivity contribution in [3.8, 4) is 17.4 Å². The van der Waals surface area contributed by atoms with Crippen LogP contribution in [0.25, 0.3) is 0 Å². The van der Waals surface area contributed by atoms with E-state index in [4.69, 9.17) is 27.4 Å². The topological polar surface area (TPSA) is 57.4 Å². The number of pyridine rings is 1. The highest BCUT2D eigenvalue weighted by Crippen LogP contribution is 2.26. The molecule has 1 aromatic carbocycles. The molecule has 0 aliphatic rings. The van der Waals surface area contributed by atoms with Crippen molar-refractivity contribution in [2.24, 2.45) is 5.73 Å². The van der Waals surface area contributed by atoms with Gasteiger partial charge in [0.25, 0.3) is 0 Å². The van der Waals surface area contributed by atoms with Crippen molar-refractivity contribution < 1.29 is 9.47 Å². The molecule has 21 heavy (non-hydrogen) atoms. The fourth-order valence-electron chi connectivity index (χ4n) is 1.85. The molecule has 0 unspecified atom stereocenters. The quantitative estimate of drug-likeness (QED) is 0.826. The Kier molecular flexibility index (Phi) is 5.11. The lowest BCUT2D eigenvalue weighted by atomic mass is 10.1. The number of hydrogen-bond acceptors (Lipinski definition) is 4. The second-order valence-electron chi connectivity index (χ2n) is 4.59. The van der Waals surface area contributed by atoms with Gasteiger partial charge in [0.1, 0.15) is 16.5 Å². The van der Waals surface area contributed by atoms with Crippen molar-refractivity contribution in [2.75, 3.05) is 6.61 Å². The molecule has 0 atom stereocenters. The van der Waals surface area contributed by atoms with Crippen LogP contribution in [0.5, 0.6) is 17.4 Å². The average Bonchev–Trinajstić information content (AvgIpc) is 2.46. The summed E-state index contributed by atoms with van der Waals surface area (Å²) in [6.45, 7) is 4.69. The van der Waals surface area contributed by atoms with Crippen molar-refractivity contribution >= 4 is 17.2 Å². The van der Waals surface area contributed by atoms with E-state index in [0.29, 0.717) is 23.8 Å². The van der Waals surface area contributed by atoms with Gasteiger partial charge in [-0.1, -0.05) is 19.1 Å². The molecule has 0 aliphatic carbocycles. The lowest BCUT2D eigenvalue weighted by Gasteiger charge is -2.11. The van der Waals surface area contributed by atoms with Crippen LogP contribution in [-0.4, -0.2) is 16.6 Å². The zero-order valence-corrected chi connectivity index (χ0v) is 12.9. The predicted octanol–water partition coefficient (Wildman–Crippen LogP) is 3.61. The van der Waals surface area contributed by atoms with Crippen LogP contribution in [0.2, 0.25) is 0 Å². The first-order valence-electron chi connectivity index (χ1n) is 6.78. The summed E-state index contributed by atoms with van der Waals surface area (Å²) >= 11 is 5.06. The molecule has 2 N–H and O–H groups in total. The van der Waals surface area contributed by atoms with Gasteiger partial charge in [-0.3, -0.25) is 0 Å². The van der Waals surface area contributed by atoms with Crippen molar-refractivity contribution in [1.29, 1.82) is 0 Å². The molecule has 0 saturated heterocycles. The maximum Gasteiger partial charge on any atom is 0.229 e. The molecular weight excluding hydrogens is 284 g/mol. The third kappa shape index (κ3) is 3.92. The van der Waals surface area contributed by atoms with Crippen LogP contribution in [0.3, 0.4) is 0 Å². The van der Waals surface area contributed by atoms with Gasteiger partial charge in [-0.05, 0) is 49.2 Å². The smallest absolute Gasteiger partial charge is 0.229 e. The number of nitrogens with zero attached hydrogens (tertiary/aromatic N) is 1. The minimum absolute atomic E-state index is 0.276. The number of nitrogens with two attached hydrogens (primary N) is 1. The first-order valence-corrected chi connectivity index (χ1v) is 7.18. The van der Waals surface area contributed by atoms with Crippen LogP contribution in [-0.2, 0) is 0 Å². The fourth-order valence-corrected chi connectivity index (χ4v) is 2.09. The molecule has 0 radical (unpaired) electrons. The summed E-state index contributed by atoms with van der Waals surface area (Å²) in [6, 6.07) is 9.24. The molecule has 0 aliphatic heterocycles. The van der Waals surface area contributed by atoms with E-state index in [1.807, 2.05) is 37.3 Å². The highest BCUT2D eigenvalue weighted by Gasteiger charge is 2.12. The summed E-state index contributed by atoms with van der Waals surface area (Å²) < 4.78 is 11.3. The van der Waals surface area contributed by atoms with E-state index in [-0.39, 0.29) is 4.99 Å². The molecule has 110 valence electrons. The standard InChI is InChI=1S/C16H18N2O2S/c1-3-10-19-12-4-6-13(7-5-12)20-16-14(15(17)21)11(2)8-9-18-16/h4-9H,3,10H2,1-2H3,(H2,17,21). The Morgan fingerprint density at radius 1 is 1.19 bits per heavy atom. The number of hydrogen-bond donors (Lipinski definition) is 1. The minimum Gasteiger partial charge on any atom is -0.494 e. The van der Waals surface area contributed by atoms with Gasteiger partial charge in [-0.15, -0.1) is 0 Å². The molecular formula is C16H18N2O2S. The Morgan fingerprint density at radius 3 is 2.48 bits per heavy atom. The van der Waals surface area contributed by atoms with Gasteiger partial charge >= 0.3 is 0 Å². The molecule has 0 fully saturated rings. The molecule has 2 aromatic rings. The summed E-state index contributed by atoms with van der Waals surface area (Å²) in [7, 11) is 0. The lowest BCUT2D eigenvalue weighted by molar-refractivity contribution is 0.317. The first kappa shape index (κ1) is 15.3. The normalized spacial score (nSPS) is 10.2. The molecule has 5 heteroatoms. The molecule has 0 spiro atoms. The Morgan fingerprint density at radius 2 is 1.86 bits per heavy atom. The van der Waals surface area contributed by atoms with E-state index in [2.05, 4.69) is 11.9 Å². The monoisotopic (exact) mass is 302 g/mol. The molecule has 0 saturated carbocycles. The average molecular weight is 302 g/mol. The van der Waals surface area contributed by atoms with Gasteiger partial charge < -0.3 is 15.2 Å². The van der Waals surface area contributed by atoms with E-state index in [1.54, 1.807) is 6.20 Å². The van der Waals surface area contributed by atoms with Crippen LogP contribution >= 0.6 is 12.2 Å². The van der Waals surface area contributed by atoms with Crippen molar-refractivity contribution in [3.63, 3.8) is 0 Å². The number of thiocarbonyl (C=S) groups is 1. The highest BCUT2D eigenvalue weighted by atomic mass is 32.1. The van der Waals surface area contributed by atoms with Crippen molar-refractivity contribution in [1.82, 2.24) is 4.98 Å². The van der Waals surface area contributed by atoms with Gasteiger partial charge in [0.05, 0.1) is 12.2 Å². The van der Waals surface area contributed by atoms with Gasteiger partial charge in [0.15, 0.2) is 0 Å². The van der Waals surface area contributed by atoms with Crippen molar-refractivity contribution in [3.05, 3.63) is 47.7 Å². The van der Waals surface area contributed by atoms with Gasteiger partial charge in [-0.25, -0.2) is 4.98 Å². The number of aryl methyl sites for hydroxylation is 1. The largest absolute Gasteiger partial charge is 0.494 e. The molecule has 1 aromatic heterocycles. The Hall–Kier alpha value is -2.14. The van der Waals surface area contributed by atoms with E-state index in [1.165, 1.54) is 0 Å². The third-order valence-electron chi connectivity index (χ3n) is 2.88. The second-order valence-corrected chi connectivity index (χ2v) is 5.03. The molecule has 4 nitrogen and oxygen atoms in total. The molecule has 1 heterocycles. The van der Waals surface area contributed by atoms with Crippen LogP contribution in [0, 0.1) is 6.92 Å². The summed E-state index contributed by atoms with van der Waals surface area (Å²) in [4.78, 5) is 4.48. The Bertz CT molecular complexity index is 627. The second kappa shape index (κ2) is 7.04. The highest BCUT2D eigenvalue weighted by molar-refractivity contribution is 7.80. The molecule has 2 rings (SSSR count). The van der Waals surface area contributed by atoms with E-state index >= 15 is 0 Å². The number of rotatable bonds is 6. The third-order valence-corrected chi connectivity index (χ3v) is 3.09. The summed E-state index contributed by atoms with van der Waals surface area (Å²) in [6.07, 6.45) is 2.65. The first-order chi connectivity index (χ1) is 10.1. The Labute approximate surface area is 129 Å². The van der Waals surface area contributed by atoms with Gasteiger partial charge in [-0.2, -0.15) is 0 Å². The Balaban J connectivity index is 2.19. The predicted molar refractivity (Wildman–Crippen MR) is 87.2 cm³/mol. The van der Waals surface area contributed by atoms with E-state index in [0.717, 1.165) is 17.7 Å². The van der Waals surface area contributed by atoms with Gasteiger partial charge in [0.2, 0.25) is 5.88 Å². The van der Waals surface area contributed by atoms with Crippen LogP contribution in [0.15, 0.2) is 36.5 Å². The minimum atomic E-state index is 0.276. The van der Waals surface area contributed by atoms with Gasteiger partial charge in [0, 0.05) is 6.20 Å². The van der Waals surface area contributed by atoms with Crippen LogP contribution in [0.1, 0.15) is 24.5 Å². The number of aromatic nitrogens is 1. The molecule has 0 amide bonds. The maximum absolute atomic E-state index is 5.78. The zero-order chi connectivity index (χ0) is 15.2. The summed E-state index contributed by atoms with van der Waals surface area (Å²) in [5.41, 5.74) is 7.35. The summed E-state index contributed by atoms with van der Waals surface area (Å²) in [5, 5.41) is 0. The maximum atomic E-state index is 5.78. The molecule has 0 bridgehead atoms. The number of ether oxygens (including phenoxy) is 2. The van der Waals surface area contributed by atoms with E-state index in [9.17, 15) is 0 Å².